The van der Waals surface area contributed by atoms with E-state index in [0.29, 0.717) is 12.5 Å². The van der Waals surface area contributed by atoms with E-state index in [1.165, 1.54) is 25.0 Å². The molecule has 1 aliphatic carbocycles. The molecule has 2 rings (SSSR count). The van der Waals surface area contributed by atoms with Gasteiger partial charge in [-0.1, -0.05) is 25.0 Å². The first kappa shape index (κ1) is 13.0. The third-order valence-corrected chi connectivity index (χ3v) is 3.34. The van der Waals surface area contributed by atoms with Crippen LogP contribution in [-0.4, -0.2) is 11.5 Å². The molecule has 0 atom stereocenters. The van der Waals surface area contributed by atoms with Gasteiger partial charge in [-0.2, -0.15) is 4.39 Å². The topological polar surface area (TPSA) is 52.4 Å². The molecule has 1 aromatic carbocycles. The third-order valence-electron chi connectivity index (χ3n) is 3.34. The van der Waals surface area contributed by atoms with Gasteiger partial charge in [-0.3, -0.25) is 10.1 Å². The summed E-state index contributed by atoms with van der Waals surface area (Å²) < 4.78 is 19.2. The Kier molecular flexibility index (Phi) is 4.25. The summed E-state index contributed by atoms with van der Waals surface area (Å²) in [6.45, 7) is 0.714. The fourth-order valence-electron chi connectivity index (χ4n) is 2.33. The van der Waals surface area contributed by atoms with Crippen molar-refractivity contribution < 1.29 is 14.1 Å². The predicted molar refractivity (Wildman–Crippen MR) is 64.7 cm³/mol. The minimum Gasteiger partial charge on any atom is -0.376 e. The number of hydrogen-bond acceptors (Lipinski definition) is 3. The van der Waals surface area contributed by atoms with E-state index in [2.05, 4.69) is 0 Å². The Labute approximate surface area is 105 Å². The smallest absolute Gasteiger partial charge is 0.305 e. The molecule has 0 bridgehead atoms. The van der Waals surface area contributed by atoms with Crippen molar-refractivity contribution in [2.45, 2.75) is 32.3 Å². The monoisotopic (exact) mass is 253 g/mol. The summed E-state index contributed by atoms with van der Waals surface area (Å²) >= 11 is 0. The number of benzene rings is 1. The average Bonchev–Trinajstić information content (AvgIpc) is 2.84. The van der Waals surface area contributed by atoms with Gasteiger partial charge in [-0.15, -0.1) is 0 Å². The molecule has 1 saturated carbocycles. The maximum Gasteiger partial charge on any atom is 0.305 e. The first-order valence-corrected chi connectivity index (χ1v) is 6.18. The predicted octanol–water partition coefficient (Wildman–Crippen LogP) is 3.44. The van der Waals surface area contributed by atoms with Crippen LogP contribution in [0.5, 0.6) is 0 Å². The lowest BCUT2D eigenvalue weighted by atomic mass is 10.1. The molecule has 0 saturated heterocycles. The fraction of sp³-hybridized carbons (Fsp3) is 0.538. The summed E-state index contributed by atoms with van der Waals surface area (Å²) in [5.74, 6) is -0.222. The number of nitro benzene ring substituents is 1. The second-order valence-electron chi connectivity index (χ2n) is 4.67. The molecule has 18 heavy (non-hydrogen) atoms. The highest BCUT2D eigenvalue weighted by Crippen LogP contribution is 2.26. The molecule has 1 aliphatic rings. The standard InChI is InChI=1S/C13H16FNO3/c14-13-11(6-3-7-12(13)15(16)17)9-18-8-10-4-1-2-5-10/h3,6-7,10H,1-2,4-5,8-9H2. The molecule has 1 aromatic rings. The van der Waals surface area contributed by atoms with Gasteiger partial charge in [-0.25, -0.2) is 0 Å². The van der Waals surface area contributed by atoms with Gasteiger partial charge in [0.25, 0.3) is 0 Å². The van der Waals surface area contributed by atoms with Gasteiger partial charge in [0.05, 0.1) is 11.5 Å². The minimum absolute atomic E-state index is 0.101. The number of nitro groups is 1. The van der Waals surface area contributed by atoms with Crippen LogP contribution in [0.3, 0.4) is 0 Å². The van der Waals surface area contributed by atoms with E-state index in [0.717, 1.165) is 18.9 Å². The van der Waals surface area contributed by atoms with E-state index < -0.39 is 16.4 Å². The highest BCUT2D eigenvalue weighted by atomic mass is 19.1. The van der Waals surface area contributed by atoms with Gasteiger partial charge in [0.2, 0.25) is 5.82 Å². The lowest BCUT2D eigenvalue weighted by molar-refractivity contribution is -0.387. The average molecular weight is 253 g/mol. The Morgan fingerprint density at radius 2 is 2.11 bits per heavy atom. The van der Waals surface area contributed by atoms with Crippen LogP contribution in [0.4, 0.5) is 10.1 Å². The van der Waals surface area contributed by atoms with Crippen LogP contribution in [0, 0.1) is 21.8 Å². The summed E-state index contributed by atoms with van der Waals surface area (Å²) in [4.78, 5) is 9.87. The molecule has 98 valence electrons. The SMILES string of the molecule is O=[N+]([O-])c1cccc(COCC2CCCC2)c1F. The number of hydrogen-bond donors (Lipinski definition) is 0. The Balaban J connectivity index is 1.92. The second kappa shape index (κ2) is 5.91. The van der Waals surface area contributed by atoms with Crippen LogP contribution in [0.2, 0.25) is 0 Å². The van der Waals surface area contributed by atoms with Gasteiger partial charge >= 0.3 is 5.69 Å². The summed E-state index contributed by atoms with van der Waals surface area (Å²) in [6, 6.07) is 4.17. The van der Waals surface area contributed by atoms with E-state index in [9.17, 15) is 14.5 Å². The third kappa shape index (κ3) is 3.04. The molecule has 5 heteroatoms. The lowest BCUT2D eigenvalue weighted by Crippen LogP contribution is -2.07. The first-order valence-electron chi connectivity index (χ1n) is 6.18. The molecular weight excluding hydrogens is 237 g/mol. The maximum absolute atomic E-state index is 13.7. The molecule has 1 fully saturated rings. The van der Waals surface area contributed by atoms with Crippen LogP contribution < -0.4 is 0 Å². The van der Waals surface area contributed by atoms with Crippen molar-refractivity contribution in [3.8, 4) is 0 Å². The molecule has 0 spiro atoms. The lowest BCUT2D eigenvalue weighted by Gasteiger charge is -2.10. The molecule has 4 nitrogen and oxygen atoms in total. The van der Waals surface area contributed by atoms with Crippen molar-refractivity contribution in [2.24, 2.45) is 5.92 Å². The normalized spacial score (nSPS) is 16.1. The van der Waals surface area contributed by atoms with Crippen LogP contribution >= 0.6 is 0 Å². The highest BCUT2D eigenvalue weighted by Gasteiger charge is 2.18. The van der Waals surface area contributed by atoms with Crippen molar-refractivity contribution in [3.63, 3.8) is 0 Å². The minimum atomic E-state index is -0.783. The number of nitrogens with zero attached hydrogens (tertiary/aromatic N) is 1. The van der Waals surface area contributed by atoms with Crippen molar-refractivity contribution in [3.05, 3.63) is 39.7 Å². The number of ether oxygens (including phenoxy) is 1. The Hall–Kier alpha value is -1.49. The van der Waals surface area contributed by atoms with Crippen LogP contribution in [0.15, 0.2) is 18.2 Å². The van der Waals surface area contributed by atoms with Crippen LogP contribution in [-0.2, 0) is 11.3 Å². The molecular formula is C13H16FNO3. The second-order valence-corrected chi connectivity index (χ2v) is 4.67. The zero-order valence-corrected chi connectivity index (χ0v) is 10.1. The van der Waals surface area contributed by atoms with E-state index in [1.54, 1.807) is 0 Å². The molecule has 0 heterocycles. The zero-order valence-electron chi connectivity index (χ0n) is 10.1. The summed E-state index contributed by atoms with van der Waals surface area (Å²) in [5.41, 5.74) is -0.237. The number of rotatable bonds is 5. The van der Waals surface area contributed by atoms with Crippen molar-refractivity contribution in [1.29, 1.82) is 0 Å². The summed E-state index contributed by atoms with van der Waals surface area (Å²) in [6.07, 6.45) is 4.80. The van der Waals surface area contributed by atoms with E-state index >= 15 is 0 Å². The summed E-state index contributed by atoms with van der Waals surface area (Å²) in [5, 5.41) is 10.6. The maximum atomic E-state index is 13.7. The molecule has 0 radical (unpaired) electrons. The Morgan fingerprint density at radius 3 is 2.78 bits per heavy atom. The Bertz CT molecular complexity index is 430. The first-order chi connectivity index (χ1) is 8.68. The quantitative estimate of drug-likeness (QED) is 0.596. The fourth-order valence-corrected chi connectivity index (χ4v) is 2.33. The molecule has 0 amide bonds. The zero-order chi connectivity index (χ0) is 13.0. The van der Waals surface area contributed by atoms with Gasteiger partial charge in [-0.05, 0) is 18.8 Å². The number of halogens is 1. The highest BCUT2D eigenvalue weighted by molar-refractivity contribution is 5.36. The largest absolute Gasteiger partial charge is 0.376 e. The molecule has 0 N–H and O–H groups in total. The summed E-state index contributed by atoms with van der Waals surface area (Å²) in [7, 11) is 0. The van der Waals surface area contributed by atoms with Gasteiger partial charge in [0.15, 0.2) is 0 Å². The molecule has 0 unspecified atom stereocenters. The van der Waals surface area contributed by atoms with E-state index in [-0.39, 0.29) is 12.2 Å². The van der Waals surface area contributed by atoms with Crippen LogP contribution in [0.25, 0.3) is 0 Å². The van der Waals surface area contributed by atoms with Crippen LogP contribution in [0.1, 0.15) is 31.2 Å². The van der Waals surface area contributed by atoms with Gasteiger partial charge in [0.1, 0.15) is 0 Å². The molecule has 0 aromatic heterocycles. The van der Waals surface area contributed by atoms with E-state index in [4.69, 9.17) is 4.74 Å². The van der Waals surface area contributed by atoms with Gasteiger partial charge < -0.3 is 4.74 Å². The van der Waals surface area contributed by atoms with Gasteiger partial charge in [0, 0.05) is 18.2 Å². The van der Waals surface area contributed by atoms with Crippen molar-refractivity contribution in [1.82, 2.24) is 0 Å². The Morgan fingerprint density at radius 1 is 1.39 bits per heavy atom. The van der Waals surface area contributed by atoms with Crippen molar-refractivity contribution >= 4 is 5.69 Å². The van der Waals surface area contributed by atoms with E-state index in [1.807, 2.05) is 0 Å². The molecule has 0 aliphatic heterocycles. The van der Waals surface area contributed by atoms with Crippen molar-refractivity contribution in [2.75, 3.05) is 6.61 Å².